The van der Waals surface area contributed by atoms with Crippen LogP contribution in [0.15, 0.2) is 128 Å². The summed E-state index contributed by atoms with van der Waals surface area (Å²) in [6, 6.07) is 38.3. The molecule has 0 spiro atoms. The van der Waals surface area contributed by atoms with E-state index in [4.69, 9.17) is 19.9 Å². The van der Waals surface area contributed by atoms with Crippen molar-refractivity contribution in [3.63, 3.8) is 0 Å². The van der Waals surface area contributed by atoms with E-state index in [1.54, 1.807) is 0 Å². The van der Waals surface area contributed by atoms with Gasteiger partial charge < -0.3 is 0 Å². The molecule has 4 aromatic carbocycles. The minimum absolute atomic E-state index is 0.186. The number of hydrogen-bond donors (Lipinski definition) is 0. The molecule has 0 fully saturated rings. The monoisotopic (exact) mass is 601 g/mol. The van der Waals surface area contributed by atoms with Gasteiger partial charge >= 0.3 is 0 Å². The van der Waals surface area contributed by atoms with E-state index < -0.39 is 0 Å². The summed E-state index contributed by atoms with van der Waals surface area (Å²) in [6.45, 7) is 4.54. The van der Waals surface area contributed by atoms with Crippen molar-refractivity contribution in [1.82, 2.24) is 24.9 Å². The Kier molecular flexibility index (Phi) is 5.28. The second kappa shape index (κ2) is 9.47. The summed E-state index contributed by atoms with van der Waals surface area (Å²) in [6.07, 6.45) is 5.68. The predicted molar refractivity (Wildman–Crippen MR) is 191 cm³/mol. The predicted octanol–water partition coefficient (Wildman–Crippen LogP) is 10.1. The number of fused-ring (bicyclic) bond motifs is 12. The molecule has 5 aromatic heterocycles. The van der Waals surface area contributed by atoms with Crippen LogP contribution in [0.25, 0.3) is 88.0 Å². The van der Waals surface area contributed by atoms with Crippen molar-refractivity contribution in [2.45, 2.75) is 19.3 Å². The number of aromatic nitrogens is 5. The summed E-state index contributed by atoms with van der Waals surface area (Å²) in [4.78, 5) is 24.9. The number of hydrogen-bond acceptors (Lipinski definition) is 5. The highest BCUT2D eigenvalue weighted by molar-refractivity contribution is 6.24. The quantitative estimate of drug-likeness (QED) is 0.185. The summed E-state index contributed by atoms with van der Waals surface area (Å²) in [7, 11) is 0. The second-order valence-corrected chi connectivity index (χ2v) is 13.0. The maximum Gasteiger partial charge on any atom is 0.0975 e. The number of rotatable bonds is 2. The van der Waals surface area contributed by atoms with Gasteiger partial charge in [0.25, 0.3) is 0 Å². The summed E-state index contributed by atoms with van der Waals surface area (Å²) in [5.41, 5.74) is 12.0. The Morgan fingerprint density at radius 2 is 1.19 bits per heavy atom. The van der Waals surface area contributed by atoms with Crippen molar-refractivity contribution in [3.8, 4) is 33.6 Å². The van der Waals surface area contributed by atoms with Crippen LogP contribution in [0.2, 0.25) is 0 Å². The number of nitrogens with zero attached hydrogens (tertiary/aromatic N) is 5. The normalized spacial score (nSPS) is 13.5. The highest BCUT2D eigenvalue weighted by Crippen LogP contribution is 2.49. The maximum atomic E-state index is 5.40. The lowest BCUT2D eigenvalue weighted by atomic mass is 9.85. The third kappa shape index (κ3) is 3.74. The highest BCUT2D eigenvalue weighted by atomic mass is 14.8. The minimum atomic E-state index is -0.186. The number of benzene rings is 4. The van der Waals surface area contributed by atoms with E-state index in [-0.39, 0.29) is 5.41 Å². The lowest BCUT2D eigenvalue weighted by molar-refractivity contribution is 0.640. The van der Waals surface area contributed by atoms with Crippen molar-refractivity contribution in [2.75, 3.05) is 0 Å². The molecule has 0 bridgehead atoms. The van der Waals surface area contributed by atoms with Crippen LogP contribution in [-0.2, 0) is 5.41 Å². The largest absolute Gasteiger partial charge is 0.254 e. The van der Waals surface area contributed by atoms with E-state index in [1.807, 2.05) is 36.8 Å². The third-order valence-electron chi connectivity index (χ3n) is 9.92. The Morgan fingerprint density at radius 3 is 2.02 bits per heavy atom. The molecule has 0 saturated carbocycles. The van der Waals surface area contributed by atoms with E-state index in [9.17, 15) is 0 Å². The maximum absolute atomic E-state index is 5.40. The second-order valence-electron chi connectivity index (χ2n) is 13.0. The molecule has 0 atom stereocenters. The van der Waals surface area contributed by atoms with Crippen LogP contribution in [0, 0.1) is 0 Å². The lowest BCUT2D eigenvalue weighted by Gasteiger charge is -2.21. The molecule has 10 rings (SSSR count). The van der Waals surface area contributed by atoms with Crippen LogP contribution in [0.1, 0.15) is 25.1 Å². The zero-order valence-electron chi connectivity index (χ0n) is 25.9. The zero-order chi connectivity index (χ0) is 31.3. The molecule has 0 amide bonds. The Bertz CT molecular complexity index is 2760. The molecule has 0 N–H and O–H groups in total. The third-order valence-corrected chi connectivity index (χ3v) is 9.92. The van der Waals surface area contributed by atoms with Gasteiger partial charge in [-0.1, -0.05) is 92.7 Å². The lowest BCUT2D eigenvalue weighted by Crippen LogP contribution is -2.16. The first-order valence-corrected chi connectivity index (χ1v) is 15.9. The topological polar surface area (TPSA) is 64.5 Å². The molecular formula is C42H27N5. The Labute approximate surface area is 270 Å². The van der Waals surface area contributed by atoms with Gasteiger partial charge in [-0.05, 0) is 52.2 Å². The smallest absolute Gasteiger partial charge is 0.0975 e. The summed E-state index contributed by atoms with van der Waals surface area (Å²) in [5.74, 6) is 0. The van der Waals surface area contributed by atoms with Crippen LogP contribution < -0.4 is 0 Å². The van der Waals surface area contributed by atoms with E-state index in [0.717, 1.165) is 71.8 Å². The van der Waals surface area contributed by atoms with Gasteiger partial charge in [0.2, 0.25) is 0 Å². The fraction of sp³-hybridized carbons (Fsp3) is 0.0714. The van der Waals surface area contributed by atoms with Crippen molar-refractivity contribution in [2.24, 2.45) is 0 Å². The molecule has 47 heavy (non-hydrogen) atoms. The average Bonchev–Trinajstić information content (AvgIpc) is 3.36. The molecule has 9 aromatic rings. The Morgan fingerprint density at radius 1 is 0.468 bits per heavy atom. The van der Waals surface area contributed by atoms with E-state index in [0.29, 0.717) is 0 Å². The van der Waals surface area contributed by atoms with Gasteiger partial charge in [-0.25, -0.2) is 9.97 Å². The van der Waals surface area contributed by atoms with Crippen LogP contribution in [-0.4, -0.2) is 24.9 Å². The molecule has 1 aliphatic rings. The van der Waals surface area contributed by atoms with Gasteiger partial charge in [0.1, 0.15) is 0 Å². The van der Waals surface area contributed by atoms with Crippen molar-refractivity contribution < 1.29 is 0 Å². The summed E-state index contributed by atoms with van der Waals surface area (Å²) >= 11 is 0. The average molecular weight is 602 g/mol. The molecule has 5 nitrogen and oxygen atoms in total. The van der Waals surface area contributed by atoms with Crippen LogP contribution >= 0.6 is 0 Å². The van der Waals surface area contributed by atoms with E-state index >= 15 is 0 Å². The molecule has 0 saturated heterocycles. The fourth-order valence-electron chi connectivity index (χ4n) is 7.52. The fourth-order valence-corrected chi connectivity index (χ4v) is 7.52. The Hall–Kier alpha value is -6.07. The first-order valence-electron chi connectivity index (χ1n) is 15.9. The molecule has 220 valence electrons. The molecule has 1 aliphatic carbocycles. The zero-order valence-corrected chi connectivity index (χ0v) is 25.9. The highest BCUT2D eigenvalue weighted by Gasteiger charge is 2.37. The van der Waals surface area contributed by atoms with Gasteiger partial charge in [-0.3, -0.25) is 15.0 Å². The van der Waals surface area contributed by atoms with Crippen molar-refractivity contribution >= 4 is 54.4 Å². The Balaban J connectivity index is 1.11. The molecular weight excluding hydrogens is 574 g/mol. The van der Waals surface area contributed by atoms with Crippen LogP contribution in [0.4, 0.5) is 0 Å². The first-order chi connectivity index (χ1) is 23.0. The SMILES string of the molecule is CC1(C)c2ccccc2-c2cc3c4ccccc4c4cc(-c5ccc(-c6ccc7ccc8cccnc8c7n6)nc5)cnc4c3nc21. The van der Waals surface area contributed by atoms with Crippen molar-refractivity contribution in [3.05, 3.63) is 139 Å². The van der Waals surface area contributed by atoms with Gasteiger partial charge in [-0.2, -0.15) is 0 Å². The molecule has 5 heterocycles. The van der Waals surface area contributed by atoms with E-state index in [2.05, 4.69) is 110 Å². The summed E-state index contributed by atoms with van der Waals surface area (Å²) < 4.78 is 0. The molecule has 0 aliphatic heterocycles. The van der Waals surface area contributed by atoms with Gasteiger partial charge in [-0.15, -0.1) is 0 Å². The van der Waals surface area contributed by atoms with Crippen LogP contribution in [0.5, 0.6) is 0 Å². The molecule has 0 radical (unpaired) electrons. The summed E-state index contributed by atoms with van der Waals surface area (Å²) in [5, 5.41) is 6.71. The van der Waals surface area contributed by atoms with Crippen LogP contribution in [0.3, 0.4) is 0 Å². The minimum Gasteiger partial charge on any atom is -0.254 e. The van der Waals surface area contributed by atoms with Gasteiger partial charge in [0, 0.05) is 62.2 Å². The standard InChI is InChI=1S/C42H27N5/c1-42(2)34-12-6-5-11-30(34)33-21-32-29-10-4-3-9-28(29)31-20-27(23-45-39(31)40(32)47-41(33)42)26-16-17-35(44-22-26)36-18-15-25-14-13-24-8-7-19-43-37(24)38(25)46-36/h3-23H,1-2H3. The van der Waals surface area contributed by atoms with E-state index in [1.165, 1.54) is 27.5 Å². The first kappa shape index (κ1) is 26.2. The molecule has 5 heteroatoms. The molecule has 0 unspecified atom stereocenters. The number of pyridine rings is 5. The van der Waals surface area contributed by atoms with Gasteiger partial charge in [0.05, 0.1) is 39.1 Å². The van der Waals surface area contributed by atoms with Crippen molar-refractivity contribution in [1.29, 1.82) is 0 Å². The van der Waals surface area contributed by atoms with Gasteiger partial charge in [0.15, 0.2) is 0 Å².